The summed E-state index contributed by atoms with van der Waals surface area (Å²) in [5.74, 6) is 5.37. The van der Waals surface area contributed by atoms with E-state index in [1.807, 2.05) is 11.1 Å². The number of hydrogen-bond donors (Lipinski definition) is 0. The lowest BCUT2D eigenvalue weighted by molar-refractivity contribution is -0.134. The van der Waals surface area contributed by atoms with E-state index in [0.29, 0.717) is 23.0 Å². The first-order valence-corrected chi connectivity index (χ1v) is 13.4. The molecule has 170 valence electrons. The summed E-state index contributed by atoms with van der Waals surface area (Å²) in [4.78, 5) is 12.6. The number of allylic oxidation sites excluding steroid dienone is 2. The Kier molecular flexibility index (Phi) is 6.08. The monoisotopic (exact) mass is 412 g/mol. The molecule has 0 N–H and O–H groups in total. The van der Waals surface area contributed by atoms with Crippen LogP contribution in [0.4, 0.5) is 0 Å². The van der Waals surface area contributed by atoms with Crippen LogP contribution in [0, 0.1) is 52.3 Å². The summed E-state index contributed by atoms with van der Waals surface area (Å²) in [6.07, 6.45) is 13.2. The zero-order valence-corrected chi connectivity index (χ0v) is 21.0. The average molecular weight is 413 g/mol. The summed E-state index contributed by atoms with van der Waals surface area (Å²) >= 11 is 0. The molecule has 2 saturated carbocycles. The Morgan fingerprint density at radius 3 is 2.43 bits per heavy atom. The largest absolute Gasteiger partial charge is 0.299 e. The molecule has 4 aliphatic carbocycles. The molecule has 4 rings (SSSR count). The van der Waals surface area contributed by atoms with Crippen LogP contribution in [0.15, 0.2) is 11.1 Å². The number of carbonyl (C=O) groups is 1. The van der Waals surface area contributed by atoms with E-state index in [-0.39, 0.29) is 11.3 Å². The maximum Gasteiger partial charge on any atom is 0.136 e. The topological polar surface area (TPSA) is 17.1 Å². The van der Waals surface area contributed by atoms with Gasteiger partial charge in [-0.2, -0.15) is 0 Å². The predicted octanol–water partition coefficient (Wildman–Crippen LogP) is 8.23. The molecule has 0 heterocycles. The van der Waals surface area contributed by atoms with Gasteiger partial charge in [0, 0.05) is 12.3 Å². The molecule has 0 spiro atoms. The Hall–Kier alpha value is -0.590. The van der Waals surface area contributed by atoms with Gasteiger partial charge in [-0.1, -0.05) is 78.9 Å². The minimum absolute atomic E-state index is 0.269. The van der Waals surface area contributed by atoms with Gasteiger partial charge >= 0.3 is 0 Å². The molecule has 1 heteroatoms. The van der Waals surface area contributed by atoms with Crippen molar-refractivity contribution in [2.24, 2.45) is 52.3 Å². The van der Waals surface area contributed by atoms with Crippen molar-refractivity contribution in [3.05, 3.63) is 11.1 Å². The van der Waals surface area contributed by atoms with Crippen LogP contribution >= 0.6 is 0 Å². The maximum absolute atomic E-state index is 12.6. The molecular weight excluding hydrogens is 364 g/mol. The van der Waals surface area contributed by atoms with Crippen molar-refractivity contribution in [1.29, 1.82) is 0 Å². The quantitative estimate of drug-likeness (QED) is 0.415. The summed E-state index contributed by atoms with van der Waals surface area (Å²) in [5, 5.41) is 0. The number of ketones is 1. The van der Waals surface area contributed by atoms with Crippen LogP contribution in [0.5, 0.6) is 0 Å². The van der Waals surface area contributed by atoms with E-state index in [9.17, 15) is 4.79 Å². The molecule has 0 aromatic rings. The molecule has 0 aliphatic heterocycles. The van der Waals surface area contributed by atoms with Crippen molar-refractivity contribution in [3.8, 4) is 0 Å². The maximum atomic E-state index is 12.6. The van der Waals surface area contributed by atoms with Crippen molar-refractivity contribution in [2.75, 3.05) is 0 Å². The van der Waals surface area contributed by atoms with Gasteiger partial charge in [-0.25, -0.2) is 0 Å². The first-order valence-electron chi connectivity index (χ1n) is 13.4. The fraction of sp³-hybridized carbons (Fsp3) is 0.897. The van der Waals surface area contributed by atoms with Gasteiger partial charge in [0.05, 0.1) is 0 Å². The average Bonchev–Trinajstić information content (AvgIpc) is 3.03. The van der Waals surface area contributed by atoms with Gasteiger partial charge in [-0.05, 0) is 84.9 Å². The van der Waals surface area contributed by atoms with E-state index in [1.54, 1.807) is 0 Å². The normalized spacial score (nSPS) is 44.7. The van der Waals surface area contributed by atoms with Crippen LogP contribution in [0.3, 0.4) is 0 Å². The van der Waals surface area contributed by atoms with Gasteiger partial charge in [0.2, 0.25) is 0 Å². The van der Waals surface area contributed by atoms with Crippen molar-refractivity contribution in [3.63, 3.8) is 0 Å². The van der Waals surface area contributed by atoms with Crippen molar-refractivity contribution < 1.29 is 4.79 Å². The van der Waals surface area contributed by atoms with Gasteiger partial charge < -0.3 is 0 Å². The lowest BCUT2D eigenvalue weighted by atomic mass is 9.46. The summed E-state index contributed by atoms with van der Waals surface area (Å²) < 4.78 is 0. The van der Waals surface area contributed by atoms with Gasteiger partial charge in [0.15, 0.2) is 0 Å². The zero-order chi connectivity index (χ0) is 21.8. The Morgan fingerprint density at radius 1 is 1.00 bits per heavy atom. The van der Waals surface area contributed by atoms with Crippen LogP contribution < -0.4 is 0 Å². The first-order chi connectivity index (χ1) is 14.1. The van der Waals surface area contributed by atoms with E-state index < -0.39 is 0 Å². The van der Waals surface area contributed by atoms with E-state index in [1.165, 1.54) is 57.8 Å². The standard InChI is InChI=1S/C29H48O/c1-18(2)9-8-10-19(3)23-13-14-25-22-11-12-24-21(5)27(30)17-20(4)29(24,7)26(22)15-16-28(23,25)6/h18-21,23-25H,8-17H2,1-7H3/t19-,20?,21?,23-,24?,25+,28-,29+/m1/s1. The lowest BCUT2D eigenvalue weighted by Gasteiger charge is -2.58. The number of rotatable bonds is 5. The highest BCUT2D eigenvalue weighted by molar-refractivity contribution is 5.82. The molecule has 0 aromatic carbocycles. The Labute approximate surface area is 186 Å². The number of carbonyl (C=O) groups excluding carboxylic acids is 1. The van der Waals surface area contributed by atoms with Gasteiger partial charge in [-0.15, -0.1) is 0 Å². The number of hydrogen-bond acceptors (Lipinski definition) is 1. The summed E-state index contributed by atoms with van der Waals surface area (Å²) in [5.41, 5.74) is 4.52. The Morgan fingerprint density at radius 2 is 1.73 bits per heavy atom. The Bertz CT molecular complexity index is 701. The molecule has 30 heavy (non-hydrogen) atoms. The summed E-state index contributed by atoms with van der Waals surface area (Å²) in [7, 11) is 0. The van der Waals surface area contributed by atoms with E-state index in [4.69, 9.17) is 0 Å². The highest BCUT2D eigenvalue weighted by Crippen LogP contribution is 2.67. The molecule has 0 bridgehead atoms. The molecule has 0 amide bonds. The SMILES string of the molecule is CC(C)CCC[C@@H](C)[C@H]1CC[C@H]2C3=C(CC[C@]12C)[C@@]1(C)C(C)CC(=O)C(C)C1CC3. The van der Waals surface area contributed by atoms with Crippen LogP contribution in [0.2, 0.25) is 0 Å². The summed E-state index contributed by atoms with van der Waals surface area (Å²) in [6, 6.07) is 0. The molecule has 8 atom stereocenters. The lowest BCUT2D eigenvalue weighted by Crippen LogP contribution is -2.51. The fourth-order valence-corrected chi connectivity index (χ4v) is 9.08. The van der Waals surface area contributed by atoms with Gasteiger partial charge in [0.1, 0.15) is 5.78 Å². The van der Waals surface area contributed by atoms with Crippen molar-refractivity contribution >= 4 is 5.78 Å². The molecule has 1 nitrogen and oxygen atoms in total. The van der Waals surface area contributed by atoms with Crippen LogP contribution in [0.25, 0.3) is 0 Å². The minimum atomic E-state index is 0.269. The fourth-order valence-electron chi connectivity index (χ4n) is 9.08. The van der Waals surface area contributed by atoms with E-state index in [2.05, 4.69) is 48.5 Å². The molecule has 0 radical (unpaired) electrons. The predicted molar refractivity (Wildman–Crippen MR) is 127 cm³/mol. The summed E-state index contributed by atoms with van der Waals surface area (Å²) in [6.45, 7) is 17.1. The highest BCUT2D eigenvalue weighted by Gasteiger charge is 2.58. The minimum Gasteiger partial charge on any atom is -0.299 e. The number of Topliss-reactive ketones (excluding diaryl/α,β-unsaturated/α-hetero) is 1. The van der Waals surface area contributed by atoms with Crippen LogP contribution in [0.1, 0.15) is 113 Å². The molecule has 3 unspecified atom stereocenters. The zero-order valence-electron chi connectivity index (χ0n) is 21.0. The van der Waals surface area contributed by atoms with Crippen LogP contribution in [-0.2, 0) is 4.79 Å². The number of fused-ring (bicyclic) bond motifs is 4. The van der Waals surface area contributed by atoms with E-state index in [0.717, 1.165) is 30.1 Å². The molecular formula is C29H48O. The second-order valence-corrected chi connectivity index (χ2v) is 12.8. The van der Waals surface area contributed by atoms with E-state index >= 15 is 0 Å². The van der Waals surface area contributed by atoms with Gasteiger partial charge in [0.25, 0.3) is 0 Å². The smallest absolute Gasteiger partial charge is 0.136 e. The Balaban J connectivity index is 1.58. The molecule has 4 aliphatic rings. The third kappa shape index (κ3) is 3.36. The second-order valence-electron chi connectivity index (χ2n) is 12.8. The highest BCUT2D eigenvalue weighted by atomic mass is 16.1. The molecule has 0 saturated heterocycles. The van der Waals surface area contributed by atoms with Crippen molar-refractivity contribution in [1.82, 2.24) is 0 Å². The first kappa shape index (κ1) is 22.6. The third-order valence-corrected chi connectivity index (χ3v) is 11.0. The van der Waals surface area contributed by atoms with Crippen molar-refractivity contribution in [2.45, 2.75) is 113 Å². The van der Waals surface area contributed by atoms with Gasteiger partial charge in [-0.3, -0.25) is 4.79 Å². The molecule has 2 fully saturated rings. The second kappa shape index (κ2) is 8.08. The third-order valence-electron chi connectivity index (χ3n) is 11.0. The molecule has 0 aromatic heterocycles. The van der Waals surface area contributed by atoms with Crippen LogP contribution in [-0.4, -0.2) is 5.78 Å².